The number of amides is 1. The van der Waals surface area contributed by atoms with Crippen LogP contribution in [0.5, 0.6) is 11.5 Å². The van der Waals surface area contributed by atoms with Gasteiger partial charge >= 0.3 is 5.69 Å². The number of hydrogen-bond donors (Lipinski definition) is 1. The van der Waals surface area contributed by atoms with Gasteiger partial charge in [0.2, 0.25) is 6.79 Å². The van der Waals surface area contributed by atoms with Crippen LogP contribution in [-0.4, -0.2) is 33.7 Å². The molecule has 5 rings (SSSR count). The summed E-state index contributed by atoms with van der Waals surface area (Å²) in [5.74, 6) is 0.802. The number of aromatic amines is 1. The number of nitrogens with zero attached hydrogens (tertiary/aromatic N) is 2. The summed E-state index contributed by atoms with van der Waals surface area (Å²) in [6.45, 7) is 1.13. The van der Waals surface area contributed by atoms with Crippen LogP contribution >= 0.6 is 0 Å². The van der Waals surface area contributed by atoms with Crippen LogP contribution < -0.4 is 20.7 Å². The van der Waals surface area contributed by atoms with Crippen LogP contribution in [0.25, 0.3) is 0 Å². The van der Waals surface area contributed by atoms with Crippen molar-refractivity contribution in [2.24, 2.45) is 0 Å². The van der Waals surface area contributed by atoms with E-state index in [1.807, 2.05) is 18.2 Å². The molecule has 1 amide bonds. The first-order valence-corrected chi connectivity index (χ1v) is 9.67. The normalized spacial score (nSPS) is 14.5. The molecular weight excluding hydrogens is 386 g/mol. The summed E-state index contributed by atoms with van der Waals surface area (Å²) >= 11 is 0. The Kier molecular flexibility index (Phi) is 4.39. The third kappa shape index (κ3) is 3.16. The zero-order chi connectivity index (χ0) is 20.7. The van der Waals surface area contributed by atoms with Gasteiger partial charge in [-0.1, -0.05) is 30.3 Å². The molecule has 30 heavy (non-hydrogen) atoms. The molecule has 1 N–H and O–H groups in total. The fraction of sp³-hybridized carbons (Fsp3) is 0.227. The number of aromatic nitrogens is 2. The molecule has 0 aliphatic carbocycles. The third-order valence-corrected chi connectivity index (χ3v) is 5.49. The minimum Gasteiger partial charge on any atom is -0.454 e. The molecule has 0 unspecified atom stereocenters. The zero-order valence-corrected chi connectivity index (χ0v) is 16.1. The Bertz CT molecular complexity index is 1260. The molecule has 8 heteroatoms. The second-order valence-electron chi connectivity index (χ2n) is 7.33. The van der Waals surface area contributed by atoms with Crippen LogP contribution in [0.4, 0.5) is 0 Å². The van der Waals surface area contributed by atoms with Crippen LogP contribution in [0.15, 0.2) is 58.3 Å². The molecule has 0 atom stereocenters. The molecule has 152 valence electrons. The van der Waals surface area contributed by atoms with E-state index in [4.69, 9.17) is 9.47 Å². The Labute approximate surface area is 171 Å². The quantitative estimate of drug-likeness (QED) is 0.713. The lowest BCUT2D eigenvalue weighted by Crippen LogP contribution is -2.43. The molecule has 0 spiro atoms. The van der Waals surface area contributed by atoms with Crippen LogP contribution in [-0.2, 0) is 19.5 Å². The van der Waals surface area contributed by atoms with Gasteiger partial charge in [-0.05, 0) is 35.2 Å². The van der Waals surface area contributed by atoms with E-state index in [0.29, 0.717) is 30.2 Å². The van der Waals surface area contributed by atoms with Gasteiger partial charge < -0.3 is 19.4 Å². The standard InChI is InChI=1S/C22H19N3O5/c26-20(24-8-7-15-3-1-2-4-16(15)12-24)17-10-23-22(28)25(21(17)27)11-14-5-6-18-19(9-14)30-13-29-18/h1-6,9-10H,7-8,11-13H2,(H,23,28). The molecule has 2 aliphatic heterocycles. The van der Waals surface area contributed by atoms with Gasteiger partial charge in [0.15, 0.2) is 11.5 Å². The van der Waals surface area contributed by atoms with Crippen molar-refractivity contribution >= 4 is 5.91 Å². The molecule has 2 aromatic carbocycles. The Morgan fingerprint density at radius 1 is 1.03 bits per heavy atom. The second-order valence-corrected chi connectivity index (χ2v) is 7.33. The second kappa shape index (κ2) is 7.22. The van der Waals surface area contributed by atoms with Gasteiger partial charge in [0, 0.05) is 19.3 Å². The van der Waals surface area contributed by atoms with E-state index in [1.54, 1.807) is 23.1 Å². The fourth-order valence-corrected chi connectivity index (χ4v) is 3.87. The topological polar surface area (TPSA) is 93.6 Å². The molecule has 8 nitrogen and oxygen atoms in total. The van der Waals surface area contributed by atoms with Gasteiger partial charge in [-0.15, -0.1) is 0 Å². The predicted octanol–water partition coefficient (Wildman–Crippen LogP) is 1.51. The maximum absolute atomic E-state index is 13.1. The third-order valence-electron chi connectivity index (χ3n) is 5.49. The zero-order valence-electron chi connectivity index (χ0n) is 16.1. The lowest BCUT2D eigenvalue weighted by molar-refractivity contribution is 0.0731. The van der Waals surface area contributed by atoms with Crippen molar-refractivity contribution in [3.63, 3.8) is 0 Å². The van der Waals surface area contributed by atoms with Crippen LogP contribution in [0.3, 0.4) is 0 Å². The number of rotatable bonds is 3. The maximum Gasteiger partial charge on any atom is 0.328 e. The number of carbonyl (C=O) groups excluding carboxylic acids is 1. The number of carbonyl (C=O) groups is 1. The molecule has 0 fully saturated rings. The van der Waals surface area contributed by atoms with Gasteiger partial charge in [0.05, 0.1) is 6.54 Å². The minimum atomic E-state index is -0.611. The maximum atomic E-state index is 13.1. The van der Waals surface area contributed by atoms with E-state index in [0.717, 1.165) is 16.6 Å². The summed E-state index contributed by atoms with van der Waals surface area (Å²) in [6, 6.07) is 13.2. The van der Waals surface area contributed by atoms with Crippen molar-refractivity contribution in [2.45, 2.75) is 19.5 Å². The number of fused-ring (bicyclic) bond motifs is 2. The van der Waals surface area contributed by atoms with E-state index >= 15 is 0 Å². The van der Waals surface area contributed by atoms with Gasteiger partial charge in [-0.2, -0.15) is 0 Å². The van der Waals surface area contributed by atoms with Crippen LogP contribution in [0, 0.1) is 0 Å². The molecule has 0 saturated heterocycles. The minimum absolute atomic E-state index is 0.0226. The van der Waals surface area contributed by atoms with Crippen molar-refractivity contribution in [3.8, 4) is 11.5 Å². The number of ether oxygens (including phenoxy) is 2. The largest absolute Gasteiger partial charge is 0.454 e. The van der Waals surface area contributed by atoms with E-state index in [-0.39, 0.29) is 24.8 Å². The van der Waals surface area contributed by atoms with Crippen molar-refractivity contribution in [2.75, 3.05) is 13.3 Å². The number of benzene rings is 2. The first kappa shape index (κ1) is 18.2. The van der Waals surface area contributed by atoms with Crippen molar-refractivity contribution in [1.82, 2.24) is 14.5 Å². The Morgan fingerprint density at radius 3 is 2.70 bits per heavy atom. The predicted molar refractivity (Wildman–Crippen MR) is 108 cm³/mol. The van der Waals surface area contributed by atoms with Crippen molar-refractivity contribution in [3.05, 3.63) is 91.8 Å². The summed E-state index contributed by atoms with van der Waals surface area (Å²) in [6.07, 6.45) is 1.94. The summed E-state index contributed by atoms with van der Waals surface area (Å²) in [4.78, 5) is 42.5. The highest BCUT2D eigenvalue weighted by Crippen LogP contribution is 2.32. The summed E-state index contributed by atoms with van der Waals surface area (Å²) in [7, 11) is 0. The number of hydrogen-bond acceptors (Lipinski definition) is 5. The molecular formula is C22H19N3O5. The van der Waals surface area contributed by atoms with Gasteiger partial charge in [-0.3, -0.25) is 14.2 Å². The monoisotopic (exact) mass is 405 g/mol. The molecule has 3 heterocycles. The smallest absolute Gasteiger partial charge is 0.328 e. The van der Waals surface area contributed by atoms with Gasteiger partial charge in [0.1, 0.15) is 5.56 Å². The van der Waals surface area contributed by atoms with Gasteiger partial charge in [0.25, 0.3) is 11.5 Å². The molecule has 2 aliphatic rings. The molecule has 0 saturated carbocycles. The lowest BCUT2D eigenvalue weighted by Gasteiger charge is -2.28. The van der Waals surface area contributed by atoms with Crippen LogP contribution in [0.1, 0.15) is 27.0 Å². The number of nitrogens with one attached hydrogen (secondary N) is 1. The highest BCUT2D eigenvalue weighted by atomic mass is 16.7. The highest BCUT2D eigenvalue weighted by Gasteiger charge is 2.25. The Balaban J connectivity index is 1.44. The Hall–Kier alpha value is -3.81. The van der Waals surface area contributed by atoms with E-state index < -0.39 is 11.2 Å². The molecule has 0 radical (unpaired) electrons. The van der Waals surface area contributed by atoms with E-state index in [9.17, 15) is 14.4 Å². The van der Waals surface area contributed by atoms with E-state index in [1.165, 1.54) is 11.8 Å². The average Bonchev–Trinajstić information content (AvgIpc) is 3.24. The summed E-state index contributed by atoms with van der Waals surface area (Å²) in [5, 5.41) is 0. The molecule has 1 aromatic heterocycles. The highest BCUT2D eigenvalue weighted by molar-refractivity contribution is 5.93. The SMILES string of the molecule is O=C(c1c[nH]c(=O)n(Cc2ccc3c(c2)OCO3)c1=O)N1CCc2ccccc2C1. The summed E-state index contributed by atoms with van der Waals surface area (Å²) in [5.41, 5.74) is 1.75. The first-order valence-electron chi connectivity index (χ1n) is 9.67. The lowest BCUT2D eigenvalue weighted by atomic mass is 9.99. The van der Waals surface area contributed by atoms with Crippen molar-refractivity contribution < 1.29 is 14.3 Å². The first-order chi connectivity index (χ1) is 14.6. The molecule has 3 aromatic rings. The fourth-order valence-electron chi connectivity index (χ4n) is 3.87. The summed E-state index contributed by atoms with van der Waals surface area (Å²) < 4.78 is 11.7. The van der Waals surface area contributed by atoms with Gasteiger partial charge in [-0.25, -0.2) is 4.79 Å². The number of H-pyrrole nitrogens is 1. The molecule has 0 bridgehead atoms. The van der Waals surface area contributed by atoms with Crippen LogP contribution in [0.2, 0.25) is 0 Å². The van der Waals surface area contributed by atoms with E-state index in [2.05, 4.69) is 11.1 Å². The van der Waals surface area contributed by atoms with Crippen molar-refractivity contribution in [1.29, 1.82) is 0 Å². The average molecular weight is 405 g/mol. The Morgan fingerprint density at radius 2 is 1.83 bits per heavy atom.